The summed E-state index contributed by atoms with van der Waals surface area (Å²) >= 11 is 0. The Labute approximate surface area is 98.7 Å². The number of nitrogens with one attached hydrogen (secondary N) is 1. The molecule has 2 heteroatoms. The topological polar surface area (TPSA) is 15.3 Å². The van der Waals surface area contributed by atoms with Crippen molar-refractivity contribution in [3.8, 4) is 0 Å². The maximum absolute atomic E-state index is 3.56. The molecule has 88 valence electrons. The van der Waals surface area contributed by atoms with E-state index in [9.17, 15) is 0 Å². The van der Waals surface area contributed by atoms with Gasteiger partial charge in [0.2, 0.25) is 0 Å². The van der Waals surface area contributed by atoms with Crippen molar-refractivity contribution in [2.45, 2.75) is 38.5 Å². The smallest absolute Gasteiger partial charge is 0.0871 e. The first-order chi connectivity index (χ1) is 7.95. The van der Waals surface area contributed by atoms with Gasteiger partial charge in [0.05, 0.1) is 6.67 Å². The summed E-state index contributed by atoms with van der Waals surface area (Å²) in [6.07, 6.45) is 18.9. The first kappa shape index (κ1) is 11.3. The molecule has 0 atom stereocenters. The first-order valence-electron chi connectivity index (χ1n) is 6.45. The quantitative estimate of drug-likeness (QED) is 0.783. The predicted octanol–water partition coefficient (Wildman–Crippen LogP) is 3.16. The van der Waals surface area contributed by atoms with Crippen molar-refractivity contribution in [2.24, 2.45) is 0 Å². The lowest BCUT2D eigenvalue weighted by Gasteiger charge is -2.23. The van der Waals surface area contributed by atoms with Gasteiger partial charge in [-0.3, -0.25) is 0 Å². The Morgan fingerprint density at radius 2 is 2.06 bits per heavy atom. The molecule has 16 heavy (non-hydrogen) atoms. The Morgan fingerprint density at radius 3 is 2.94 bits per heavy atom. The van der Waals surface area contributed by atoms with Crippen molar-refractivity contribution in [1.29, 1.82) is 0 Å². The van der Waals surface area contributed by atoms with Gasteiger partial charge < -0.3 is 10.2 Å². The van der Waals surface area contributed by atoms with E-state index in [0.717, 1.165) is 13.2 Å². The van der Waals surface area contributed by atoms with E-state index < -0.39 is 0 Å². The largest absolute Gasteiger partial charge is 0.371 e. The van der Waals surface area contributed by atoms with Gasteiger partial charge in [-0.2, -0.15) is 0 Å². The number of nitrogens with zero attached hydrogens (tertiary/aromatic N) is 1. The molecule has 1 aliphatic heterocycles. The van der Waals surface area contributed by atoms with E-state index >= 15 is 0 Å². The van der Waals surface area contributed by atoms with Gasteiger partial charge in [0.15, 0.2) is 0 Å². The number of allylic oxidation sites excluding steroid dienone is 4. The fraction of sp³-hybridized carbons (Fsp3) is 0.571. The standard InChI is InChI=1S/C14H22N2/c1-2-5-9-14(10-6-3-1)15-13-16-11-7-4-8-12-16/h4,7-9,11,15H,1-3,5-6,10,12-13H2/b14-9+. The normalized spacial score (nSPS) is 24.5. The van der Waals surface area contributed by atoms with Gasteiger partial charge in [-0.1, -0.05) is 31.1 Å². The van der Waals surface area contributed by atoms with Crippen molar-refractivity contribution in [1.82, 2.24) is 10.2 Å². The summed E-state index contributed by atoms with van der Waals surface area (Å²) in [5.41, 5.74) is 1.45. The molecule has 1 aliphatic carbocycles. The van der Waals surface area contributed by atoms with Crippen LogP contribution in [-0.4, -0.2) is 18.1 Å². The van der Waals surface area contributed by atoms with Crippen LogP contribution in [0.15, 0.2) is 36.2 Å². The van der Waals surface area contributed by atoms with Gasteiger partial charge in [0, 0.05) is 18.4 Å². The molecule has 2 rings (SSSR count). The minimum absolute atomic E-state index is 0.937. The van der Waals surface area contributed by atoms with Crippen LogP contribution in [0.3, 0.4) is 0 Å². The van der Waals surface area contributed by atoms with Crippen LogP contribution in [0, 0.1) is 0 Å². The second-order valence-electron chi connectivity index (χ2n) is 4.56. The first-order valence-corrected chi connectivity index (χ1v) is 6.45. The van der Waals surface area contributed by atoms with Gasteiger partial charge in [-0.25, -0.2) is 0 Å². The molecule has 1 heterocycles. The average molecular weight is 218 g/mol. The molecule has 0 saturated heterocycles. The van der Waals surface area contributed by atoms with Crippen LogP contribution in [0.25, 0.3) is 0 Å². The van der Waals surface area contributed by atoms with Crippen LogP contribution in [0.2, 0.25) is 0 Å². The Hall–Kier alpha value is -1.18. The van der Waals surface area contributed by atoms with Crippen LogP contribution in [0.5, 0.6) is 0 Å². The molecule has 0 radical (unpaired) electrons. The Kier molecular flexibility index (Phi) is 4.53. The molecule has 0 unspecified atom stereocenters. The summed E-state index contributed by atoms with van der Waals surface area (Å²) in [6, 6.07) is 0. The van der Waals surface area contributed by atoms with Crippen molar-refractivity contribution >= 4 is 0 Å². The highest BCUT2D eigenvalue weighted by Crippen LogP contribution is 2.15. The molecular formula is C14H22N2. The molecular weight excluding hydrogens is 196 g/mol. The number of rotatable bonds is 3. The summed E-state index contributed by atoms with van der Waals surface area (Å²) < 4.78 is 0. The van der Waals surface area contributed by atoms with Crippen molar-refractivity contribution in [3.63, 3.8) is 0 Å². The van der Waals surface area contributed by atoms with E-state index in [1.807, 2.05) is 0 Å². The van der Waals surface area contributed by atoms with Gasteiger partial charge >= 0.3 is 0 Å². The van der Waals surface area contributed by atoms with Crippen LogP contribution in [0.1, 0.15) is 38.5 Å². The lowest BCUT2D eigenvalue weighted by atomic mass is 10.0. The molecule has 2 aliphatic rings. The lowest BCUT2D eigenvalue weighted by molar-refractivity contribution is 0.384. The molecule has 0 fully saturated rings. The zero-order valence-electron chi connectivity index (χ0n) is 9.99. The summed E-state index contributed by atoms with van der Waals surface area (Å²) in [6.45, 7) is 1.96. The van der Waals surface area contributed by atoms with Gasteiger partial charge in [-0.15, -0.1) is 0 Å². The predicted molar refractivity (Wildman–Crippen MR) is 68.8 cm³/mol. The zero-order chi connectivity index (χ0) is 11.1. The van der Waals surface area contributed by atoms with Crippen molar-refractivity contribution in [2.75, 3.05) is 13.2 Å². The monoisotopic (exact) mass is 218 g/mol. The van der Waals surface area contributed by atoms with Crippen molar-refractivity contribution in [3.05, 3.63) is 36.2 Å². The highest BCUT2D eigenvalue weighted by atomic mass is 15.2. The van der Waals surface area contributed by atoms with Crippen LogP contribution >= 0.6 is 0 Å². The van der Waals surface area contributed by atoms with E-state index in [1.54, 1.807) is 0 Å². The van der Waals surface area contributed by atoms with Gasteiger partial charge in [0.25, 0.3) is 0 Å². The maximum atomic E-state index is 3.56. The van der Waals surface area contributed by atoms with Crippen LogP contribution < -0.4 is 5.32 Å². The third-order valence-electron chi connectivity index (χ3n) is 3.18. The second-order valence-corrected chi connectivity index (χ2v) is 4.56. The molecule has 1 N–H and O–H groups in total. The summed E-state index contributed by atoms with van der Waals surface area (Å²) in [5, 5.41) is 3.56. The third kappa shape index (κ3) is 3.76. The van der Waals surface area contributed by atoms with Gasteiger partial charge in [0.1, 0.15) is 0 Å². The van der Waals surface area contributed by atoms with Crippen LogP contribution in [0.4, 0.5) is 0 Å². The molecule has 2 nitrogen and oxygen atoms in total. The van der Waals surface area contributed by atoms with Crippen molar-refractivity contribution < 1.29 is 0 Å². The molecule has 0 aromatic rings. The highest BCUT2D eigenvalue weighted by Gasteiger charge is 2.03. The molecule has 0 saturated carbocycles. The maximum Gasteiger partial charge on any atom is 0.0871 e. The minimum Gasteiger partial charge on any atom is -0.371 e. The van der Waals surface area contributed by atoms with E-state index in [1.165, 1.54) is 44.2 Å². The summed E-state index contributed by atoms with van der Waals surface area (Å²) in [7, 11) is 0. The molecule has 0 amide bonds. The third-order valence-corrected chi connectivity index (χ3v) is 3.18. The average Bonchev–Trinajstić information content (AvgIpc) is 2.29. The lowest BCUT2D eigenvalue weighted by Crippen LogP contribution is -2.31. The van der Waals surface area contributed by atoms with Crippen LogP contribution in [-0.2, 0) is 0 Å². The second kappa shape index (κ2) is 6.41. The van der Waals surface area contributed by atoms with Gasteiger partial charge in [-0.05, 0) is 31.8 Å². The Balaban J connectivity index is 1.75. The molecule has 0 spiro atoms. The number of hydrogen-bond acceptors (Lipinski definition) is 2. The van der Waals surface area contributed by atoms with E-state index in [4.69, 9.17) is 0 Å². The zero-order valence-corrected chi connectivity index (χ0v) is 9.99. The fourth-order valence-corrected chi connectivity index (χ4v) is 2.18. The fourth-order valence-electron chi connectivity index (χ4n) is 2.18. The summed E-state index contributed by atoms with van der Waals surface area (Å²) in [4.78, 5) is 2.29. The van der Waals surface area contributed by atoms with E-state index in [2.05, 4.69) is 40.7 Å². The minimum atomic E-state index is 0.937. The van der Waals surface area contributed by atoms with E-state index in [-0.39, 0.29) is 0 Å². The van der Waals surface area contributed by atoms with E-state index in [0.29, 0.717) is 0 Å². The molecule has 0 aromatic heterocycles. The molecule has 0 bridgehead atoms. The SMILES string of the molecule is C1=CCN(CN/C2=C/CCCCCC2)C=C1. The Bertz CT molecular complexity index is 289. The summed E-state index contributed by atoms with van der Waals surface area (Å²) in [5.74, 6) is 0. The number of hydrogen-bond donors (Lipinski definition) is 1. The highest BCUT2D eigenvalue weighted by molar-refractivity contribution is 5.09. The molecule has 0 aromatic carbocycles. The Morgan fingerprint density at radius 1 is 1.12 bits per heavy atom.